The number of rotatable bonds is 2. The molecule has 1 aliphatic carbocycles. The lowest BCUT2D eigenvalue weighted by molar-refractivity contribution is -0.0794. The van der Waals surface area contributed by atoms with Crippen LogP contribution in [0.3, 0.4) is 0 Å². The summed E-state index contributed by atoms with van der Waals surface area (Å²) >= 11 is 0. The van der Waals surface area contributed by atoms with Gasteiger partial charge in [0.05, 0.1) is 0 Å². The number of alkyl halides is 2. The van der Waals surface area contributed by atoms with Crippen LogP contribution in [0.1, 0.15) is 12.8 Å². The van der Waals surface area contributed by atoms with Crippen LogP contribution in [0.15, 0.2) is 18.3 Å². The monoisotopic (exact) mass is 185 g/mol. The molecule has 5 heteroatoms. The molecule has 1 aromatic heterocycles. The number of hydrogen-bond acceptors (Lipinski definition) is 3. The smallest absolute Gasteiger partial charge is 0.252 e. The van der Waals surface area contributed by atoms with Gasteiger partial charge in [-0.15, -0.1) is 5.10 Å². The van der Waals surface area contributed by atoms with E-state index in [-0.39, 0.29) is 18.9 Å². The largest absolute Gasteiger partial charge is 0.365 e. The Balaban J connectivity index is 1.88. The first-order valence-electron chi connectivity index (χ1n) is 4.08. The van der Waals surface area contributed by atoms with Gasteiger partial charge in [-0.2, -0.15) is 5.10 Å². The zero-order valence-electron chi connectivity index (χ0n) is 6.87. The van der Waals surface area contributed by atoms with Crippen molar-refractivity contribution in [3.63, 3.8) is 0 Å². The molecule has 0 atom stereocenters. The number of halogens is 2. The maximum atomic E-state index is 12.4. The van der Waals surface area contributed by atoms with Crippen LogP contribution >= 0.6 is 0 Å². The first-order valence-corrected chi connectivity index (χ1v) is 4.08. The number of nitrogens with zero attached hydrogens (tertiary/aromatic N) is 2. The number of aromatic nitrogens is 2. The fourth-order valence-electron chi connectivity index (χ4n) is 1.35. The summed E-state index contributed by atoms with van der Waals surface area (Å²) in [6.45, 7) is 0. The molecule has 0 aromatic carbocycles. The number of hydrogen-bond donors (Lipinski definition) is 1. The summed E-state index contributed by atoms with van der Waals surface area (Å²) in [5.74, 6) is -1.93. The van der Waals surface area contributed by atoms with Crippen molar-refractivity contribution < 1.29 is 8.78 Å². The van der Waals surface area contributed by atoms with Crippen LogP contribution < -0.4 is 5.32 Å². The molecule has 1 fully saturated rings. The predicted octanol–water partition coefficient (Wildman–Crippen LogP) is 1.69. The van der Waals surface area contributed by atoms with Gasteiger partial charge in [0, 0.05) is 25.1 Å². The third kappa shape index (κ3) is 1.91. The van der Waals surface area contributed by atoms with Gasteiger partial charge in [-0.3, -0.25) is 0 Å². The fourth-order valence-corrected chi connectivity index (χ4v) is 1.35. The Morgan fingerprint density at radius 1 is 1.46 bits per heavy atom. The lowest BCUT2D eigenvalue weighted by atomic mass is 9.88. The molecule has 13 heavy (non-hydrogen) atoms. The summed E-state index contributed by atoms with van der Waals surface area (Å²) in [4.78, 5) is 0. The lowest BCUT2D eigenvalue weighted by Crippen LogP contribution is -2.44. The average molecular weight is 185 g/mol. The minimum absolute atomic E-state index is 0.108. The van der Waals surface area contributed by atoms with Crippen LogP contribution in [-0.2, 0) is 0 Å². The van der Waals surface area contributed by atoms with E-state index in [1.165, 1.54) is 0 Å². The molecular weight excluding hydrogens is 176 g/mol. The molecule has 0 saturated heterocycles. The average Bonchev–Trinajstić information content (AvgIpc) is 2.03. The first kappa shape index (κ1) is 8.34. The van der Waals surface area contributed by atoms with Gasteiger partial charge in [-0.25, -0.2) is 8.78 Å². The summed E-state index contributed by atoms with van der Waals surface area (Å²) in [6, 6.07) is 3.27. The number of nitrogens with one attached hydrogen (secondary N) is 1. The van der Waals surface area contributed by atoms with E-state index < -0.39 is 5.92 Å². The zero-order chi connectivity index (χ0) is 9.31. The van der Waals surface area contributed by atoms with E-state index in [4.69, 9.17) is 0 Å². The maximum absolute atomic E-state index is 12.4. The van der Waals surface area contributed by atoms with Crippen molar-refractivity contribution in [2.75, 3.05) is 5.32 Å². The molecule has 3 nitrogen and oxygen atoms in total. The molecule has 0 radical (unpaired) electrons. The molecule has 1 heterocycles. The van der Waals surface area contributed by atoms with Crippen molar-refractivity contribution >= 4 is 5.82 Å². The molecule has 0 aliphatic heterocycles. The van der Waals surface area contributed by atoms with Crippen LogP contribution in [-0.4, -0.2) is 22.2 Å². The van der Waals surface area contributed by atoms with E-state index in [1.807, 2.05) is 0 Å². The third-order valence-electron chi connectivity index (χ3n) is 2.01. The highest BCUT2D eigenvalue weighted by molar-refractivity contribution is 5.34. The Labute approximate surface area is 74.2 Å². The van der Waals surface area contributed by atoms with Crippen molar-refractivity contribution in [2.24, 2.45) is 0 Å². The van der Waals surface area contributed by atoms with Crippen molar-refractivity contribution in [3.05, 3.63) is 18.3 Å². The predicted molar refractivity (Wildman–Crippen MR) is 43.6 cm³/mol. The minimum Gasteiger partial charge on any atom is -0.365 e. The van der Waals surface area contributed by atoms with Gasteiger partial charge in [0.25, 0.3) is 5.92 Å². The molecule has 0 amide bonds. The van der Waals surface area contributed by atoms with Crippen LogP contribution in [0.5, 0.6) is 0 Å². The van der Waals surface area contributed by atoms with Gasteiger partial charge in [0.2, 0.25) is 0 Å². The molecule has 2 rings (SSSR count). The van der Waals surface area contributed by atoms with E-state index in [9.17, 15) is 8.78 Å². The quantitative estimate of drug-likeness (QED) is 0.761. The topological polar surface area (TPSA) is 37.8 Å². The summed E-state index contributed by atoms with van der Waals surface area (Å²) in [5, 5.41) is 10.3. The van der Waals surface area contributed by atoms with Gasteiger partial charge in [0.1, 0.15) is 5.82 Å². The Morgan fingerprint density at radius 3 is 2.77 bits per heavy atom. The standard InChI is InChI=1S/C8H9F2N3/c9-8(10)4-6(5-8)12-7-2-1-3-11-13-7/h1-3,6H,4-5H2,(H,12,13). The lowest BCUT2D eigenvalue weighted by Gasteiger charge is -2.35. The van der Waals surface area contributed by atoms with Crippen molar-refractivity contribution in [1.29, 1.82) is 0 Å². The third-order valence-corrected chi connectivity index (χ3v) is 2.01. The van der Waals surface area contributed by atoms with E-state index >= 15 is 0 Å². The normalized spacial score (nSPS) is 20.8. The van der Waals surface area contributed by atoms with Crippen LogP contribution in [0, 0.1) is 0 Å². The molecular formula is C8H9F2N3. The van der Waals surface area contributed by atoms with Crippen molar-refractivity contribution in [1.82, 2.24) is 10.2 Å². The van der Waals surface area contributed by atoms with Gasteiger partial charge < -0.3 is 5.32 Å². The second-order valence-corrected chi connectivity index (χ2v) is 3.21. The van der Waals surface area contributed by atoms with Gasteiger partial charge in [0.15, 0.2) is 0 Å². The Bertz CT molecular complexity index is 281. The van der Waals surface area contributed by atoms with Crippen molar-refractivity contribution in [3.8, 4) is 0 Å². The second-order valence-electron chi connectivity index (χ2n) is 3.21. The minimum atomic E-state index is -2.49. The van der Waals surface area contributed by atoms with Gasteiger partial charge >= 0.3 is 0 Å². The van der Waals surface area contributed by atoms with Gasteiger partial charge in [-0.1, -0.05) is 0 Å². The summed E-state index contributed by atoms with van der Waals surface area (Å²) in [5.41, 5.74) is 0. The fraction of sp³-hybridized carbons (Fsp3) is 0.500. The highest BCUT2D eigenvalue weighted by atomic mass is 19.3. The molecule has 1 aliphatic rings. The zero-order valence-corrected chi connectivity index (χ0v) is 6.87. The van der Waals surface area contributed by atoms with Crippen LogP contribution in [0.4, 0.5) is 14.6 Å². The molecule has 1 saturated carbocycles. The molecule has 0 unspecified atom stereocenters. The summed E-state index contributed by atoms with van der Waals surface area (Å²) < 4.78 is 24.8. The van der Waals surface area contributed by atoms with Crippen LogP contribution in [0.25, 0.3) is 0 Å². The Morgan fingerprint density at radius 2 is 2.23 bits per heavy atom. The molecule has 0 bridgehead atoms. The molecule has 0 spiro atoms. The SMILES string of the molecule is FC1(F)CC(Nc2cccnn2)C1. The Kier molecular flexibility index (Phi) is 1.86. The van der Waals surface area contributed by atoms with E-state index in [0.29, 0.717) is 5.82 Å². The van der Waals surface area contributed by atoms with E-state index in [2.05, 4.69) is 15.5 Å². The first-order chi connectivity index (χ1) is 6.16. The van der Waals surface area contributed by atoms with Crippen LogP contribution in [0.2, 0.25) is 0 Å². The second kappa shape index (κ2) is 2.90. The highest BCUT2D eigenvalue weighted by Gasteiger charge is 2.45. The Hall–Kier alpha value is -1.26. The van der Waals surface area contributed by atoms with Gasteiger partial charge in [-0.05, 0) is 12.1 Å². The summed E-state index contributed by atoms with van der Waals surface area (Å²) in [6.07, 6.45) is 1.33. The highest BCUT2D eigenvalue weighted by Crippen LogP contribution is 2.38. The molecule has 1 aromatic rings. The van der Waals surface area contributed by atoms with E-state index in [1.54, 1.807) is 18.3 Å². The summed E-state index contributed by atoms with van der Waals surface area (Å²) in [7, 11) is 0. The maximum Gasteiger partial charge on any atom is 0.252 e. The van der Waals surface area contributed by atoms with E-state index in [0.717, 1.165) is 0 Å². The molecule has 70 valence electrons. The molecule has 1 N–H and O–H groups in total. The van der Waals surface area contributed by atoms with Crippen molar-refractivity contribution in [2.45, 2.75) is 24.8 Å². The number of anilines is 1.